The average Bonchev–Trinajstić information content (AvgIpc) is 2.50. The van der Waals surface area contributed by atoms with E-state index in [0.29, 0.717) is 5.75 Å². The van der Waals surface area contributed by atoms with Gasteiger partial charge in [0.25, 0.3) is 0 Å². The van der Waals surface area contributed by atoms with Gasteiger partial charge in [-0.2, -0.15) is 0 Å². The van der Waals surface area contributed by atoms with Crippen LogP contribution in [0.4, 0.5) is 0 Å². The summed E-state index contributed by atoms with van der Waals surface area (Å²) in [5.41, 5.74) is 2.44. The van der Waals surface area contributed by atoms with Crippen molar-refractivity contribution in [3.8, 4) is 0 Å². The molecular weight excluding hydrogens is 360 g/mol. The van der Waals surface area contributed by atoms with Gasteiger partial charge in [-0.05, 0) is 69.5 Å². The Hall–Kier alpha value is -0.520. The van der Waals surface area contributed by atoms with E-state index in [1.165, 1.54) is 16.0 Å². The van der Waals surface area contributed by atoms with Crippen LogP contribution in [0.1, 0.15) is 24.0 Å². The first-order valence-corrected chi connectivity index (χ1v) is 9.61. The number of thioether (sulfide) groups is 1. The highest BCUT2D eigenvalue weighted by Crippen LogP contribution is 2.29. The maximum atomic E-state index is 12.4. The minimum atomic E-state index is 0.271. The molecular formula is C17H25BrN2OS. The fraction of sp³-hybridized carbons (Fsp3) is 0.588. The normalized spacial score (nSPS) is 16.1. The second-order valence-corrected chi connectivity index (χ2v) is 7.91. The zero-order valence-corrected chi connectivity index (χ0v) is 16.0. The predicted molar refractivity (Wildman–Crippen MR) is 97.6 cm³/mol. The van der Waals surface area contributed by atoms with E-state index in [4.69, 9.17) is 0 Å². The lowest BCUT2D eigenvalue weighted by atomic mass is 9.97. The van der Waals surface area contributed by atoms with Gasteiger partial charge in [0.05, 0.1) is 5.75 Å². The maximum absolute atomic E-state index is 12.4. The third kappa shape index (κ3) is 4.74. The standard InChI is InChI=1S/C17H25BrN2OS/c1-12-9-16(13(2)8-15(12)18)22-11-17(21)20-6-4-14(5-7-20)10-19-3/h8-9,14,19H,4-7,10-11H2,1-3H3. The van der Waals surface area contributed by atoms with E-state index in [-0.39, 0.29) is 5.91 Å². The number of halogens is 1. The van der Waals surface area contributed by atoms with Crippen LogP contribution in [-0.4, -0.2) is 43.2 Å². The van der Waals surface area contributed by atoms with Gasteiger partial charge in [-0.25, -0.2) is 0 Å². The summed E-state index contributed by atoms with van der Waals surface area (Å²) in [6, 6.07) is 4.29. The van der Waals surface area contributed by atoms with Crippen LogP contribution in [0.3, 0.4) is 0 Å². The number of nitrogens with zero attached hydrogens (tertiary/aromatic N) is 1. The molecule has 1 heterocycles. The van der Waals surface area contributed by atoms with Gasteiger partial charge >= 0.3 is 0 Å². The number of nitrogens with one attached hydrogen (secondary N) is 1. The first-order valence-electron chi connectivity index (χ1n) is 7.83. The van der Waals surface area contributed by atoms with Gasteiger partial charge in [0, 0.05) is 22.5 Å². The lowest BCUT2D eigenvalue weighted by Gasteiger charge is -2.32. The summed E-state index contributed by atoms with van der Waals surface area (Å²) in [5.74, 6) is 1.53. The third-order valence-electron chi connectivity index (χ3n) is 4.27. The van der Waals surface area contributed by atoms with Crippen LogP contribution in [-0.2, 0) is 4.79 Å². The van der Waals surface area contributed by atoms with Gasteiger partial charge in [0.15, 0.2) is 0 Å². The molecule has 1 aliphatic rings. The molecule has 0 saturated carbocycles. The maximum Gasteiger partial charge on any atom is 0.232 e. The number of carbonyl (C=O) groups is 1. The van der Waals surface area contributed by atoms with Gasteiger partial charge in [-0.1, -0.05) is 15.9 Å². The molecule has 1 aromatic carbocycles. The van der Waals surface area contributed by atoms with E-state index in [1.807, 2.05) is 11.9 Å². The van der Waals surface area contributed by atoms with Crippen molar-refractivity contribution in [1.29, 1.82) is 0 Å². The number of carbonyl (C=O) groups excluding carboxylic acids is 1. The van der Waals surface area contributed by atoms with Gasteiger partial charge < -0.3 is 10.2 Å². The lowest BCUT2D eigenvalue weighted by molar-refractivity contribution is -0.129. The van der Waals surface area contributed by atoms with E-state index < -0.39 is 0 Å². The van der Waals surface area contributed by atoms with Crippen LogP contribution >= 0.6 is 27.7 Å². The number of rotatable bonds is 5. The van der Waals surface area contributed by atoms with Crippen molar-refractivity contribution in [2.75, 3.05) is 32.4 Å². The van der Waals surface area contributed by atoms with Crippen LogP contribution in [0.25, 0.3) is 0 Å². The summed E-state index contributed by atoms with van der Waals surface area (Å²) >= 11 is 5.21. The molecule has 1 amide bonds. The topological polar surface area (TPSA) is 32.3 Å². The smallest absolute Gasteiger partial charge is 0.232 e. The Morgan fingerprint density at radius 2 is 2.00 bits per heavy atom. The van der Waals surface area contributed by atoms with Crippen LogP contribution < -0.4 is 5.32 Å². The minimum Gasteiger partial charge on any atom is -0.342 e. The van der Waals surface area contributed by atoms with Crippen molar-refractivity contribution in [3.05, 3.63) is 27.7 Å². The van der Waals surface area contributed by atoms with Crippen molar-refractivity contribution in [3.63, 3.8) is 0 Å². The third-order valence-corrected chi connectivity index (χ3v) is 6.26. The Balaban J connectivity index is 1.85. The molecule has 0 bridgehead atoms. The molecule has 0 spiro atoms. The summed E-state index contributed by atoms with van der Waals surface area (Å²) < 4.78 is 1.13. The highest BCUT2D eigenvalue weighted by atomic mass is 79.9. The molecule has 1 aliphatic heterocycles. The van der Waals surface area contributed by atoms with E-state index in [9.17, 15) is 4.79 Å². The van der Waals surface area contributed by atoms with E-state index >= 15 is 0 Å². The van der Waals surface area contributed by atoms with Crippen LogP contribution in [0, 0.1) is 19.8 Å². The Morgan fingerprint density at radius 3 is 2.64 bits per heavy atom. The number of likely N-dealkylation sites (tertiary alicyclic amines) is 1. The highest BCUT2D eigenvalue weighted by molar-refractivity contribution is 9.10. The fourth-order valence-corrected chi connectivity index (χ4v) is 4.28. The molecule has 1 saturated heterocycles. The molecule has 0 aromatic heterocycles. The first kappa shape index (κ1) is 17.8. The monoisotopic (exact) mass is 384 g/mol. The molecule has 5 heteroatoms. The molecule has 122 valence electrons. The number of hydrogen-bond acceptors (Lipinski definition) is 3. The number of amides is 1. The summed E-state index contributed by atoms with van der Waals surface area (Å²) in [6.45, 7) is 7.06. The molecule has 1 fully saturated rings. The zero-order chi connectivity index (χ0) is 16.1. The number of aryl methyl sites for hydroxylation is 2. The molecule has 1 aromatic rings. The summed E-state index contributed by atoms with van der Waals surface area (Å²) in [7, 11) is 2.00. The molecule has 0 radical (unpaired) electrons. The second-order valence-electron chi connectivity index (χ2n) is 6.04. The van der Waals surface area contributed by atoms with Crippen molar-refractivity contribution in [2.45, 2.75) is 31.6 Å². The van der Waals surface area contributed by atoms with Crippen molar-refractivity contribution in [1.82, 2.24) is 10.2 Å². The van der Waals surface area contributed by atoms with Gasteiger partial charge in [0.1, 0.15) is 0 Å². The minimum absolute atomic E-state index is 0.271. The average molecular weight is 385 g/mol. The molecule has 1 N–H and O–H groups in total. The first-order chi connectivity index (χ1) is 10.5. The van der Waals surface area contributed by atoms with Gasteiger partial charge in [-0.15, -0.1) is 11.8 Å². The summed E-state index contributed by atoms with van der Waals surface area (Å²) in [6.07, 6.45) is 2.24. The molecule has 0 atom stereocenters. The fourth-order valence-electron chi connectivity index (χ4n) is 2.82. The zero-order valence-electron chi connectivity index (χ0n) is 13.6. The number of piperidine rings is 1. The Kier molecular flexibility index (Phi) is 6.78. The predicted octanol–water partition coefficient (Wildman–Crippen LogP) is 3.62. The molecule has 2 rings (SSSR count). The van der Waals surface area contributed by atoms with Gasteiger partial charge in [-0.3, -0.25) is 4.79 Å². The highest BCUT2D eigenvalue weighted by Gasteiger charge is 2.22. The lowest BCUT2D eigenvalue weighted by Crippen LogP contribution is -2.41. The Bertz CT molecular complexity index is 528. The largest absolute Gasteiger partial charge is 0.342 e. The summed E-state index contributed by atoms with van der Waals surface area (Å²) in [5, 5.41) is 3.23. The number of benzene rings is 1. The van der Waals surface area contributed by atoms with E-state index in [2.05, 4.69) is 47.2 Å². The SMILES string of the molecule is CNCC1CCN(C(=O)CSc2cc(C)c(Br)cc2C)CC1. The summed E-state index contributed by atoms with van der Waals surface area (Å²) in [4.78, 5) is 15.6. The molecule has 0 aliphatic carbocycles. The van der Waals surface area contributed by atoms with Crippen molar-refractivity contribution in [2.24, 2.45) is 5.92 Å². The molecule has 22 heavy (non-hydrogen) atoms. The van der Waals surface area contributed by atoms with Crippen LogP contribution in [0.2, 0.25) is 0 Å². The van der Waals surface area contributed by atoms with E-state index in [0.717, 1.165) is 42.9 Å². The number of hydrogen-bond donors (Lipinski definition) is 1. The Morgan fingerprint density at radius 1 is 1.32 bits per heavy atom. The quantitative estimate of drug-likeness (QED) is 0.786. The van der Waals surface area contributed by atoms with Crippen LogP contribution in [0.5, 0.6) is 0 Å². The van der Waals surface area contributed by atoms with Crippen LogP contribution in [0.15, 0.2) is 21.5 Å². The van der Waals surface area contributed by atoms with E-state index in [1.54, 1.807) is 11.8 Å². The Labute approximate surface area is 146 Å². The molecule has 3 nitrogen and oxygen atoms in total. The molecule has 0 unspecified atom stereocenters. The van der Waals surface area contributed by atoms with Crippen molar-refractivity contribution >= 4 is 33.6 Å². The van der Waals surface area contributed by atoms with Crippen molar-refractivity contribution < 1.29 is 4.79 Å². The van der Waals surface area contributed by atoms with Gasteiger partial charge in [0.2, 0.25) is 5.91 Å². The second kappa shape index (κ2) is 8.37.